The van der Waals surface area contributed by atoms with Gasteiger partial charge in [0.1, 0.15) is 5.58 Å². The highest BCUT2D eigenvalue weighted by molar-refractivity contribution is 7.89. The number of rotatable bonds is 6. The molecule has 0 amide bonds. The summed E-state index contributed by atoms with van der Waals surface area (Å²) in [5.41, 5.74) is 1.08. The van der Waals surface area contributed by atoms with Gasteiger partial charge in [0.25, 0.3) is 0 Å². The smallest absolute Gasteiger partial charge is 0.336 e. The van der Waals surface area contributed by atoms with Crippen LogP contribution in [0, 0.1) is 0 Å². The minimum absolute atomic E-state index is 0.153. The molecule has 1 aromatic heterocycles. The highest BCUT2D eigenvalue weighted by Gasteiger charge is 2.18. The fourth-order valence-corrected chi connectivity index (χ4v) is 3.95. The molecule has 25 heavy (non-hydrogen) atoms. The van der Waals surface area contributed by atoms with Crippen molar-refractivity contribution in [2.24, 2.45) is 0 Å². The second kappa shape index (κ2) is 7.21. The van der Waals surface area contributed by atoms with E-state index in [0.717, 1.165) is 6.42 Å². The summed E-state index contributed by atoms with van der Waals surface area (Å²) in [5, 5.41) is 0.569. The largest absolute Gasteiger partial charge is 0.423 e. The lowest BCUT2D eigenvalue weighted by atomic mass is 10.1. The van der Waals surface area contributed by atoms with Crippen molar-refractivity contribution in [2.75, 3.05) is 0 Å². The molecule has 0 aliphatic carbocycles. The van der Waals surface area contributed by atoms with E-state index in [1.807, 2.05) is 37.3 Å². The van der Waals surface area contributed by atoms with Crippen molar-refractivity contribution in [3.8, 4) is 0 Å². The Morgan fingerprint density at radius 1 is 1.04 bits per heavy atom. The van der Waals surface area contributed by atoms with E-state index in [1.54, 1.807) is 6.07 Å². The Labute approximate surface area is 146 Å². The SMILES string of the molecule is CC(CCc1ccccc1)NS(=O)(=O)c1ccc2oc(=O)ccc2c1. The third-order valence-electron chi connectivity index (χ3n) is 3.97. The lowest BCUT2D eigenvalue weighted by Gasteiger charge is -2.14. The highest BCUT2D eigenvalue weighted by atomic mass is 32.2. The zero-order valence-corrected chi connectivity index (χ0v) is 14.6. The van der Waals surface area contributed by atoms with Gasteiger partial charge >= 0.3 is 5.63 Å². The summed E-state index contributed by atoms with van der Waals surface area (Å²) in [4.78, 5) is 11.4. The number of sulfonamides is 1. The quantitative estimate of drug-likeness (QED) is 0.688. The maximum absolute atomic E-state index is 12.6. The molecule has 0 fully saturated rings. The van der Waals surface area contributed by atoms with E-state index in [0.29, 0.717) is 17.4 Å². The van der Waals surface area contributed by atoms with Crippen LogP contribution in [0.3, 0.4) is 0 Å². The van der Waals surface area contributed by atoms with Crippen molar-refractivity contribution in [1.82, 2.24) is 4.72 Å². The van der Waals surface area contributed by atoms with Crippen LogP contribution in [-0.2, 0) is 16.4 Å². The number of nitrogens with one attached hydrogen (secondary N) is 1. The Kier molecular flexibility index (Phi) is 5.01. The highest BCUT2D eigenvalue weighted by Crippen LogP contribution is 2.18. The average molecular weight is 357 g/mol. The fraction of sp³-hybridized carbons (Fsp3) is 0.211. The van der Waals surface area contributed by atoms with E-state index in [1.165, 1.54) is 29.8 Å². The molecule has 1 atom stereocenters. The molecule has 2 aromatic carbocycles. The minimum Gasteiger partial charge on any atom is -0.423 e. The van der Waals surface area contributed by atoms with Crippen LogP contribution in [0.2, 0.25) is 0 Å². The molecule has 0 saturated carbocycles. The van der Waals surface area contributed by atoms with Gasteiger partial charge in [-0.25, -0.2) is 17.9 Å². The van der Waals surface area contributed by atoms with Crippen molar-refractivity contribution >= 4 is 21.0 Å². The molecule has 0 saturated heterocycles. The van der Waals surface area contributed by atoms with Crippen molar-refractivity contribution in [3.63, 3.8) is 0 Å². The van der Waals surface area contributed by atoms with Crippen LogP contribution in [0.25, 0.3) is 11.0 Å². The Bertz CT molecular complexity index is 1030. The Morgan fingerprint density at radius 3 is 2.56 bits per heavy atom. The Hall–Kier alpha value is -2.44. The summed E-state index contributed by atoms with van der Waals surface area (Å²) < 4.78 is 32.8. The molecule has 0 bridgehead atoms. The first-order valence-electron chi connectivity index (χ1n) is 8.04. The maximum Gasteiger partial charge on any atom is 0.336 e. The van der Waals surface area contributed by atoms with E-state index < -0.39 is 15.6 Å². The monoisotopic (exact) mass is 357 g/mol. The van der Waals surface area contributed by atoms with Crippen LogP contribution in [0.15, 0.2) is 74.8 Å². The van der Waals surface area contributed by atoms with E-state index in [2.05, 4.69) is 4.72 Å². The molecule has 1 N–H and O–H groups in total. The number of aryl methyl sites for hydroxylation is 1. The third-order valence-corrected chi connectivity index (χ3v) is 5.55. The van der Waals surface area contributed by atoms with Gasteiger partial charge in [0, 0.05) is 17.5 Å². The molecule has 5 nitrogen and oxygen atoms in total. The summed E-state index contributed by atoms with van der Waals surface area (Å²) in [6.07, 6.45) is 1.50. The van der Waals surface area contributed by atoms with Gasteiger partial charge in [-0.1, -0.05) is 30.3 Å². The summed E-state index contributed by atoms with van der Waals surface area (Å²) in [7, 11) is -3.64. The standard InChI is InChI=1S/C19H19NO4S/c1-14(7-8-15-5-3-2-4-6-15)20-25(22,23)17-10-11-18-16(13-17)9-12-19(21)24-18/h2-6,9-14,20H,7-8H2,1H3. The predicted octanol–water partition coefficient (Wildman–Crippen LogP) is 3.09. The van der Waals surface area contributed by atoms with E-state index in [-0.39, 0.29) is 10.9 Å². The van der Waals surface area contributed by atoms with Crippen LogP contribution in [0.5, 0.6) is 0 Å². The number of hydrogen-bond donors (Lipinski definition) is 1. The van der Waals surface area contributed by atoms with Crippen molar-refractivity contribution in [2.45, 2.75) is 30.7 Å². The first kappa shape index (κ1) is 17.4. The molecular weight excluding hydrogens is 338 g/mol. The van der Waals surface area contributed by atoms with E-state index in [4.69, 9.17) is 4.42 Å². The van der Waals surface area contributed by atoms with Gasteiger partial charge in [0.05, 0.1) is 4.90 Å². The van der Waals surface area contributed by atoms with Crippen LogP contribution < -0.4 is 10.3 Å². The fourth-order valence-electron chi connectivity index (χ4n) is 2.64. The lowest BCUT2D eigenvalue weighted by molar-refractivity contribution is 0.546. The van der Waals surface area contributed by atoms with Crippen molar-refractivity contribution in [3.05, 3.63) is 76.6 Å². The molecule has 1 unspecified atom stereocenters. The summed E-state index contributed by atoms with van der Waals surface area (Å²) in [6.45, 7) is 1.85. The van der Waals surface area contributed by atoms with Gasteiger partial charge in [0.15, 0.2) is 0 Å². The van der Waals surface area contributed by atoms with Crippen LogP contribution in [-0.4, -0.2) is 14.5 Å². The van der Waals surface area contributed by atoms with Crippen LogP contribution in [0.1, 0.15) is 18.9 Å². The molecule has 6 heteroatoms. The maximum atomic E-state index is 12.6. The molecule has 0 aliphatic rings. The molecule has 0 aliphatic heterocycles. The third kappa shape index (κ3) is 4.35. The van der Waals surface area contributed by atoms with E-state index in [9.17, 15) is 13.2 Å². The average Bonchev–Trinajstić information content (AvgIpc) is 2.60. The summed E-state index contributed by atoms with van der Waals surface area (Å²) >= 11 is 0. The normalized spacial score (nSPS) is 13.0. The second-order valence-electron chi connectivity index (χ2n) is 6.00. The Balaban J connectivity index is 1.72. The molecule has 1 heterocycles. The lowest BCUT2D eigenvalue weighted by Crippen LogP contribution is -2.32. The second-order valence-corrected chi connectivity index (χ2v) is 7.71. The van der Waals surface area contributed by atoms with Crippen LogP contribution in [0.4, 0.5) is 0 Å². The van der Waals surface area contributed by atoms with Gasteiger partial charge < -0.3 is 4.42 Å². The molecular formula is C19H19NO4S. The topological polar surface area (TPSA) is 76.4 Å². The van der Waals surface area contributed by atoms with Gasteiger partial charge in [-0.05, 0) is 49.6 Å². The van der Waals surface area contributed by atoms with Gasteiger partial charge in [-0.2, -0.15) is 0 Å². The molecule has 3 rings (SSSR count). The van der Waals surface area contributed by atoms with Gasteiger partial charge in [0.2, 0.25) is 10.0 Å². The van der Waals surface area contributed by atoms with Gasteiger partial charge in [-0.3, -0.25) is 0 Å². The zero-order valence-electron chi connectivity index (χ0n) is 13.8. The number of benzene rings is 2. The molecule has 130 valence electrons. The molecule has 0 spiro atoms. The number of hydrogen-bond acceptors (Lipinski definition) is 4. The predicted molar refractivity (Wildman–Crippen MR) is 97.0 cm³/mol. The molecule has 3 aromatic rings. The summed E-state index contributed by atoms with van der Waals surface area (Å²) in [5.74, 6) is 0. The van der Waals surface area contributed by atoms with Crippen molar-refractivity contribution < 1.29 is 12.8 Å². The molecule has 0 radical (unpaired) electrons. The van der Waals surface area contributed by atoms with E-state index >= 15 is 0 Å². The summed E-state index contributed by atoms with van der Waals surface area (Å²) in [6, 6.07) is 17.0. The number of fused-ring (bicyclic) bond motifs is 1. The first-order chi connectivity index (χ1) is 11.9. The Morgan fingerprint density at radius 2 is 1.80 bits per heavy atom. The first-order valence-corrected chi connectivity index (χ1v) is 9.52. The zero-order chi connectivity index (χ0) is 17.9. The van der Waals surface area contributed by atoms with Crippen molar-refractivity contribution in [1.29, 1.82) is 0 Å². The van der Waals surface area contributed by atoms with Gasteiger partial charge in [-0.15, -0.1) is 0 Å². The minimum atomic E-state index is -3.64. The van der Waals surface area contributed by atoms with Crippen LogP contribution >= 0.6 is 0 Å².